The van der Waals surface area contributed by atoms with Gasteiger partial charge in [0.15, 0.2) is 0 Å². The number of imidazole rings is 1. The average Bonchev–Trinajstić information content (AvgIpc) is 3.35. The van der Waals surface area contributed by atoms with Gasteiger partial charge in [0.2, 0.25) is 5.88 Å². The fourth-order valence-electron chi connectivity index (χ4n) is 3.37. The lowest BCUT2D eigenvalue weighted by atomic mass is 10.1. The maximum Gasteiger partial charge on any atom is 0.416 e. The quantitative estimate of drug-likeness (QED) is 0.689. The fourth-order valence-corrected chi connectivity index (χ4v) is 3.37. The molecule has 138 valence electrons. The van der Waals surface area contributed by atoms with E-state index in [2.05, 4.69) is 10.1 Å². The number of rotatable bonds is 2. The number of fused-ring (bicyclic) bond motifs is 2. The first-order valence-corrected chi connectivity index (χ1v) is 8.38. The summed E-state index contributed by atoms with van der Waals surface area (Å²) >= 11 is 0. The third kappa shape index (κ3) is 2.57. The molecule has 27 heavy (non-hydrogen) atoms. The Morgan fingerprint density at radius 2 is 2.07 bits per heavy atom. The molecule has 0 fully saturated rings. The monoisotopic (exact) mass is 373 g/mol. The van der Waals surface area contributed by atoms with Gasteiger partial charge in [0.25, 0.3) is 0 Å². The molecule has 6 nitrogen and oxygen atoms in total. The fraction of sp³-hybridized carbons (Fsp3) is 0.222. The van der Waals surface area contributed by atoms with E-state index in [1.54, 1.807) is 16.9 Å². The van der Waals surface area contributed by atoms with Crippen molar-refractivity contribution in [3.8, 4) is 17.1 Å². The third-order valence-electron chi connectivity index (χ3n) is 4.63. The van der Waals surface area contributed by atoms with Crippen molar-refractivity contribution < 1.29 is 17.9 Å². The van der Waals surface area contributed by atoms with Crippen molar-refractivity contribution in [3.63, 3.8) is 0 Å². The van der Waals surface area contributed by atoms with E-state index in [4.69, 9.17) is 4.74 Å². The number of anilines is 1. The molecular formula is C18H14F3N5O. The van der Waals surface area contributed by atoms with Crippen LogP contribution in [0.5, 0.6) is 5.88 Å². The Morgan fingerprint density at radius 1 is 1.19 bits per heavy atom. The molecule has 0 aliphatic carbocycles. The summed E-state index contributed by atoms with van der Waals surface area (Å²) in [6.45, 7) is 1.53. The molecule has 9 heteroatoms. The van der Waals surface area contributed by atoms with Crippen molar-refractivity contribution >= 4 is 11.8 Å². The first kappa shape index (κ1) is 16.0. The normalized spacial score (nSPS) is 15.6. The van der Waals surface area contributed by atoms with Gasteiger partial charge in [-0.1, -0.05) is 12.1 Å². The van der Waals surface area contributed by atoms with Crippen LogP contribution in [-0.4, -0.2) is 25.9 Å². The first-order chi connectivity index (χ1) is 13.0. The molecule has 3 aromatic rings. The molecule has 0 N–H and O–H groups in total. The van der Waals surface area contributed by atoms with Crippen molar-refractivity contribution in [3.05, 3.63) is 54.2 Å². The van der Waals surface area contributed by atoms with E-state index >= 15 is 0 Å². The van der Waals surface area contributed by atoms with Crippen molar-refractivity contribution in [1.82, 2.24) is 19.3 Å². The molecule has 0 saturated heterocycles. The van der Waals surface area contributed by atoms with Crippen LogP contribution in [-0.2, 0) is 19.4 Å². The Bertz CT molecular complexity index is 1050. The summed E-state index contributed by atoms with van der Waals surface area (Å²) in [7, 11) is 0. The molecular weight excluding hydrogens is 359 g/mol. The minimum absolute atomic E-state index is 0.398. The lowest BCUT2D eigenvalue weighted by molar-refractivity contribution is -0.137. The van der Waals surface area contributed by atoms with Gasteiger partial charge >= 0.3 is 6.18 Å². The summed E-state index contributed by atoms with van der Waals surface area (Å²) in [6, 6.07) is 5.21. The van der Waals surface area contributed by atoms with Gasteiger partial charge in [0.1, 0.15) is 30.5 Å². The summed E-state index contributed by atoms with van der Waals surface area (Å²) in [5.74, 6) is 1.38. The lowest BCUT2D eigenvalue weighted by Crippen LogP contribution is -2.24. The number of nitrogens with zero attached hydrogens (tertiary/aromatic N) is 5. The lowest BCUT2D eigenvalue weighted by Gasteiger charge is -2.25. The summed E-state index contributed by atoms with van der Waals surface area (Å²) in [5, 5.41) is 4.53. The first-order valence-electron chi connectivity index (χ1n) is 8.38. The van der Waals surface area contributed by atoms with Crippen LogP contribution in [0.3, 0.4) is 0 Å². The molecule has 1 aromatic carbocycles. The minimum atomic E-state index is -4.41. The van der Waals surface area contributed by atoms with Gasteiger partial charge in [-0.2, -0.15) is 18.3 Å². The van der Waals surface area contributed by atoms with Crippen molar-refractivity contribution in [2.75, 3.05) is 11.5 Å². The predicted molar refractivity (Wildman–Crippen MR) is 91.9 cm³/mol. The number of hydrogen-bond donors (Lipinski definition) is 0. The van der Waals surface area contributed by atoms with Crippen LogP contribution in [0, 0.1) is 0 Å². The zero-order chi connectivity index (χ0) is 18.6. The smallest absolute Gasteiger partial charge is 0.416 e. The van der Waals surface area contributed by atoms with Crippen LogP contribution in [0.1, 0.15) is 11.4 Å². The van der Waals surface area contributed by atoms with Gasteiger partial charge in [-0.15, -0.1) is 0 Å². The van der Waals surface area contributed by atoms with Crippen LogP contribution in [0.15, 0.2) is 42.9 Å². The van der Waals surface area contributed by atoms with E-state index in [9.17, 15) is 13.2 Å². The number of alkyl halides is 3. The van der Waals surface area contributed by atoms with Crippen molar-refractivity contribution in [1.29, 1.82) is 0 Å². The Morgan fingerprint density at radius 3 is 2.93 bits per heavy atom. The van der Waals surface area contributed by atoms with Gasteiger partial charge in [-0.25, -0.2) is 9.67 Å². The molecule has 4 heterocycles. The van der Waals surface area contributed by atoms with E-state index in [0.29, 0.717) is 42.6 Å². The molecule has 0 bridgehead atoms. The van der Waals surface area contributed by atoms with Gasteiger partial charge in [0, 0.05) is 24.2 Å². The third-order valence-corrected chi connectivity index (χ3v) is 4.63. The zero-order valence-corrected chi connectivity index (χ0v) is 14.0. The SMILES string of the molecule is FC(F)(F)c1cccc(-c2nn3c(c2N2C=Cc4nccn4C2)OCC3)c1. The summed E-state index contributed by atoms with van der Waals surface area (Å²) in [6.07, 6.45) is 2.83. The molecule has 0 saturated carbocycles. The molecule has 0 radical (unpaired) electrons. The number of aromatic nitrogens is 4. The standard InChI is InChI=1S/C18H14F3N5O/c19-18(20,21)13-3-1-2-12(10-13)15-16(17-26(23-15)8-9-27-17)25-6-4-14-22-5-7-24(14)11-25/h1-7,10H,8-9,11H2. The molecule has 0 amide bonds. The van der Waals surface area contributed by atoms with Crippen molar-refractivity contribution in [2.24, 2.45) is 0 Å². The molecule has 5 rings (SSSR count). The van der Waals surface area contributed by atoms with Gasteiger partial charge in [-0.05, 0) is 18.2 Å². The van der Waals surface area contributed by atoms with Gasteiger partial charge in [-0.3, -0.25) is 0 Å². The Balaban J connectivity index is 1.63. The predicted octanol–water partition coefficient (Wildman–Crippen LogP) is 3.61. The molecule has 2 aliphatic rings. The second-order valence-corrected chi connectivity index (χ2v) is 6.33. The van der Waals surface area contributed by atoms with E-state index in [-0.39, 0.29) is 0 Å². The van der Waals surface area contributed by atoms with Crippen LogP contribution in [0.4, 0.5) is 18.9 Å². The summed E-state index contributed by atoms with van der Waals surface area (Å²) in [5.41, 5.74) is 0.813. The largest absolute Gasteiger partial charge is 0.474 e. The van der Waals surface area contributed by atoms with Crippen LogP contribution >= 0.6 is 0 Å². The molecule has 2 aromatic heterocycles. The van der Waals surface area contributed by atoms with Gasteiger partial charge in [0.05, 0.1) is 12.1 Å². The van der Waals surface area contributed by atoms with Crippen LogP contribution in [0.25, 0.3) is 17.3 Å². The van der Waals surface area contributed by atoms with Crippen molar-refractivity contribution in [2.45, 2.75) is 19.4 Å². The summed E-state index contributed by atoms with van der Waals surface area (Å²) < 4.78 is 48.8. The maximum absolute atomic E-state index is 13.1. The average molecular weight is 373 g/mol. The van der Waals surface area contributed by atoms with Gasteiger partial charge < -0.3 is 14.2 Å². The highest BCUT2D eigenvalue weighted by Crippen LogP contribution is 2.43. The Labute approximate surface area is 152 Å². The van der Waals surface area contributed by atoms with E-state index < -0.39 is 11.7 Å². The summed E-state index contributed by atoms with van der Waals surface area (Å²) in [4.78, 5) is 6.15. The zero-order valence-electron chi connectivity index (χ0n) is 14.0. The highest BCUT2D eigenvalue weighted by molar-refractivity contribution is 5.81. The topological polar surface area (TPSA) is 48.1 Å². The Hall–Kier alpha value is -3.23. The van der Waals surface area contributed by atoms with Crippen LogP contribution in [0.2, 0.25) is 0 Å². The van der Waals surface area contributed by atoms with E-state index in [1.165, 1.54) is 6.07 Å². The number of ether oxygens (including phenoxy) is 1. The molecule has 0 spiro atoms. The molecule has 0 unspecified atom stereocenters. The second-order valence-electron chi connectivity index (χ2n) is 6.33. The highest BCUT2D eigenvalue weighted by Gasteiger charge is 2.33. The van der Waals surface area contributed by atoms with Crippen LogP contribution < -0.4 is 9.64 Å². The van der Waals surface area contributed by atoms with E-state index in [0.717, 1.165) is 18.0 Å². The number of halogens is 3. The Kier molecular flexibility index (Phi) is 3.33. The number of benzene rings is 1. The molecule has 0 atom stereocenters. The second kappa shape index (κ2) is 5.63. The number of hydrogen-bond acceptors (Lipinski definition) is 4. The van der Waals surface area contributed by atoms with E-state index in [1.807, 2.05) is 27.9 Å². The maximum atomic E-state index is 13.1. The minimum Gasteiger partial charge on any atom is -0.474 e. The molecule has 2 aliphatic heterocycles. The highest BCUT2D eigenvalue weighted by atomic mass is 19.4.